The summed E-state index contributed by atoms with van der Waals surface area (Å²) in [5.74, 6) is 0. The molecule has 0 saturated carbocycles. The number of amides is 1. The molecule has 0 N–H and O–H groups in total. The van der Waals surface area contributed by atoms with E-state index in [2.05, 4.69) is 6.92 Å². The van der Waals surface area contributed by atoms with E-state index in [0.717, 1.165) is 0 Å². The smallest absolute Gasteiger partial charge is 0.520 e. The van der Waals surface area contributed by atoms with Crippen molar-refractivity contribution in [1.29, 1.82) is 0 Å². The average molecular weight is 258 g/mol. The second kappa shape index (κ2) is 11.1. The maximum absolute atomic E-state index is 10.2. The van der Waals surface area contributed by atoms with E-state index in [9.17, 15) is 4.79 Å². The average Bonchev–Trinajstić information content (AvgIpc) is 1.91. The standard InChI is InChI=1S/C7H14NO.C2H5.Ru/c1-6(2)8(5-9)7(3)4;1-2;/h6-7H,1-4H3;1H2,2H3;/q2*-1;+2. The van der Waals surface area contributed by atoms with E-state index in [1.165, 1.54) is 0 Å². The first-order chi connectivity index (χ1) is 5.09. The van der Waals surface area contributed by atoms with Gasteiger partial charge in [0.2, 0.25) is 0 Å². The summed E-state index contributed by atoms with van der Waals surface area (Å²) in [4.78, 5) is 11.8. The zero-order chi connectivity index (χ0) is 9.44. The van der Waals surface area contributed by atoms with E-state index in [0.29, 0.717) is 0 Å². The van der Waals surface area contributed by atoms with Gasteiger partial charge in [-0.3, -0.25) is 0 Å². The molecule has 0 aliphatic rings. The topological polar surface area (TPSA) is 20.3 Å². The summed E-state index contributed by atoms with van der Waals surface area (Å²) in [5, 5.41) is 0. The molecule has 0 aromatic rings. The molecule has 74 valence electrons. The third-order valence-electron chi connectivity index (χ3n) is 1.22. The Kier molecular flexibility index (Phi) is 16.6. The van der Waals surface area contributed by atoms with Crippen molar-refractivity contribution in [2.45, 2.75) is 46.7 Å². The van der Waals surface area contributed by atoms with Gasteiger partial charge in [0.25, 0.3) is 0 Å². The van der Waals surface area contributed by atoms with Crippen LogP contribution in [0.25, 0.3) is 0 Å². The van der Waals surface area contributed by atoms with Gasteiger partial charge in [-0.05, 0) is 39.8 Å². The summed E-state index contributed by atoms with van der Waals surface area (Å²) in [6.45, 7) is 12.9. The summed E-state index contributed by atoms with van der Waals surface area (Å²) in [6, 6.07) is 0.532. The van der Waals surface area contributed by atoms with Crippen molar-refractivity contribution in [1.82, 2.24) is 4.90 Å². The predicted octanol–water partition coefficient (Wildman–Crippen LogP) is 2.01. The van der Waals surface area contributed by atoms with Crippen molar-refractivity contribution in [3.63, 3.8) is 0 Å². The molecule has 12 heavy (non-hydrogen) atoms. The van der Waals surface area contributed by atoms with Crippen molar-refractivity contribution in [2.75, 3.05) is 0 Å². The fraction of sp³-hybridized carbons (Fsp3) is 0.778. The van der Waals surface area contributed by atoms with Crippen LogP contribution in [-0.2, 0) is 24.3 Å². The molecule has 0 aliphatic carbocycles. The fourth-order valence-electron chi connectivity index (χ4n) is 0.807. The molecule has 0 aromatic carbocycles. The zero-order valence-corrected chi connectivity index (χ0v) is 10.3. The van der Waals surface area contributed by atoms with Crippen LogP contribution in [0.15, 0.2) is 0 Å². The summed E-state index contributed by atoms with van der Waals surface area (Å²) in [7, 11) is 0. The van der Waals surface area contributed by atoms with E-state index in [4.69, 9.17) is 0 Å². The van der Waals surface area contributed by atoms with E-state index in [1.54, 1.807) is 11.8 Å². The Hall–Kier alpha value is 0.0934. The SMILES string of the molecule is CC(C)N([C-]=O)C(C)C.[CH2-]C.[Ru+2]. The Balaban J connectivity index is -0.000000249. The quantitative estimate of drug-likeness (QED) is 0.431. The Labute approximate surface area is 89.5 Å². The second-order valence-electron chi connectivity index (χ2n) is 2.69. The molecule has 0 saturated heterocycles. The molecular formula is C9H19NORu. The molecule has 0 fully saturated rings. The van der Waals surface area contributed by atoms with E-state index < -0.39 is 0 Å². The van der Waals surface area contributed by atoms with Crippen molar-refractivity contribution < 1.29 is 24.3 Å². The number of hydrogen-bond acceptors (Lipinski definition) is 1. The summed E-state index contributed by atoms with van der Waals surface area (Å²) in [6.07, 6.45) is 1.88. The van der Waals surface area contributed by atoms with Gasteiger partial charge in [0.05, 0.1) is 0 Å². The molecule has 0 atom stereocenters. The van der Waals surface area contributed by atoms with Gasteiger partial charge >= 0.3 is 19.5 Å². The third kappa shape index (κ3) is 8.19. The molecule has 0 unspecified atom stereocenters. The van der Waals surface area contributed by atoms with Gasteiger partial charge < -0.3 is 16.6 Å². The monoisotopic (exact) mass is 259 g/mol. The van der Waals surface area contributed by atoms with E-state index in [1.807, 2.05) is 34.1 Å². The molecule has 0 aliphatic heterocycles. The first-order valence-corrected chi connectivity index (χ1v) is 3.96. The number of nitrogens with zero attached hydrogens (tertiary/aromatic N) is 1. The molecule has 0 radical (unpaired) electrons. The molecule has 2 nitrogen and oxygen atoms in total. The van der Waals surface area contributed by atoms with Gasteiger partial charge in [-0.15, -0.1) is 0 Å². The van der Waals surface area contributed by atoms with Crippen molar-refractivity contribution >= 4 is 6.41 Å². The van der Waals surface area contributed by atoms with Crippen molar-refractivity contribution in [3.8, 4) is 0 Å². The van der Waals surface area contributed by atoms with E-state index >= 15 is 0 Å². The van der Waals surface area contributed by atoms with Gasteiger partial charge in [0.1, 0.15) is 0 Å². The molecule has 1 amide bonds. The van der Waals surface area contributed by atoms with Crippen LogP contribution < -0.4 is 0 Å². The van der Waals surface area contributed by atoms with Crippen LogP contribution in [0.1, 0.15) is 34.6 Å². The van der Waals surface area contributed by atoms with Crippen LogP contribution >= 0.6 is 0 Å². The number of rotatable bonds is 3. The molecule has 0 rings (SSSR count). The first-order valence-electron chi connectivity index (χ1n) is 3.96. The third-order valence-corrected chi connectivity index (χ3v) is 1.22. The zero-order valence-electron chi connectivity index (χ0n) is 8.57. The van der Waals surface area contributed by atoms with Crippen LogP contribution in [0.3, 0.4) is 0 Å². The van der Waals surface area contributed by atoms with Gasteiger partial charge in [-0.1, -0.05) is 0 Å². The summed E-state index contributed by atoms with van der Waals surface area (Å²) >= 11 is 0. The minimum atomic E-state index is 0. The Morgan fingerprint density at radius 2 is 1.33 bits per heavy atom. The van der Waals surface area contributed by atoms with Gasteiger partial charge in [0, 0.05) is 0 Å². The summed E-state index contributed by atoms with van der Waals surface area (Å²) in [5.41, 5.74) is 0. The van der Waals surface area contributed by atoms with Crippen LogP contribution in [0.5, 0.6) is 0 Å². The fourth-order valence-corrected chi connectivity index (χ4v) is 0.807. The normalized spacial score (nSPS) is 8.33. The largest absolute Gasteiger partial charge is 2.00 e. The van der Waals surface area contributed by atoms with Crippen LogP contribution in [0.4, 0.5) is 0 Å². The maximum atomic E-state index is 10.2. The minimum absolute atomic E-state index is 0. The Bertz CT molecular complexity index is 86.5. The minimum Gasteiger partial charge on any atom is -0.520 e. The number of hydrogen-bond donors (Lipinski definition) is 0. The summed E-state index contributed by atoms with van der Waals surface area (Å²) < 4.78 is 0. The molecule has 3 heteroatoms. The van der Waals surface area contributed by atoms with Gasteiger partial charge in [0.15, 0.2) is 0 Å². The van der Waals surface area contributed by atoms with Crippen molar-refractivity contribution in [3.05, 3.63) is 6.92 Å². The maximum Gasteiger partial charge on any atom is 2.00 e. The predicted molar refractivity (Wildman–Crippen MR) is 48.8 cm³/mol. The Morgan fingerprint density at radius 3 is 1.33 bits per heavy atom. The molecular weight excluding hydrogens is 239 g/mol. The molecule has 0 bridgehead atoms. The number of carbonyl (C=O) groups excluding carboxylic acids is 1. The second-order valence-corrected chi connectivity index (χ2v) is 2.69. The molecule has 0 heterocycles. The van der Waals surface area contributed by atoms with Gasteiger partial charge in [-0.2, -0.15) is 13.3 Å². The van der Waals surface area contributed by atoms with E-state index in [-0.39, 0.29) is 31.6 Å². The first kappa shape index (κ1) is 18.0. The van der Waals surface area contributed by atoms with Crippen molar-refractivity contribution in [2.24, 2.45) is 0 Å². The van der Waals surface area contributed by atoms with Crippen LogP contribution in [-0.4, -0.2) is 23.4 Å². The Morgan fingerprint density at radius 1 is 1.08 bits per heavy atom. The van der Waals surface area contributed by atoms with Gasteiger partial charge in [-0.25, -0.2) is 0 Å². The van der Waals surface area contributed by atoms with Crippen LogP contribution in [0.2, 0.25) is 0 Å². The molecule has 0 aromatic heterocycles. The molecule has 0 spiro atoms. The van der Waals surface area contributed by atoms with Crippen LogP contribution in [0, 0.1) is 6.92 Å².